The Kier molecular flexibility index (Phi) is 6.53. The molecule has 22 heavy (non-hydrogen) atoms. The molecule has 1 rings (SSSR count). The molecule has 2 nitrogen and oxygen atoms in total. The molecule has 2 heteroatoms. The van der Waals surface area contributed by atoms with Crippen LogP contribution in [0.4, 0.5) is 0 Å². The number of carbonyl (C=O) groups excluding carboxylic acids is 1. The van der Waals surface area contributed by atoms with Crippen molar-refractivity contribution in [1.82, 2.24) is 0 Å². The van der Waals surface area contributed by atoms with Crippen LogP contribution in [-0.4, -0.2) is 12.6 Å². The topological polar surface area (TPSA) is 26.3 Å². The molecule has 1 fully saturated rings. The summed E-state index contributed by atoms with van der Waals surface area (Å²) in [6.45, 7) is 18.4. The van der Waals surface area contributed by atoms with Gasteiger partial charge in [-0.25, -0.2) is 0 Å². The highest BCUT2D eigenvalue weighted by molar-refractivity contribution is 5.76. The Morgan fingerprint density at radius 1 is 1.23 bits per heavy atom. The van der Waals surface area contributed by atoms with Gasteiger partial charge in [0.05, 0.1) is 12.0 Å². The van der Waals surface area contributed by atoms with Crippen LogP contribution in [0.5, 0.6) is 0 Å². The Bertz CT molecular complexity index is 370. The van der Waals surface area contributed by atoms with Crippen molar-refractivity contribution in [3.63, 3.8) is 0 Å². The van der Waals surface area contributed by atoms with Crippen LogP contribution in [0, 0.1) is 34.5 Å². The molecule has 3 atom stereocenters. The molecule has 0 N–H and O–H groups in total. The lowest BCUT2D eigenvalue weighted by molar-refractivity contribution is -0.159. The summed E-state index contributed by atoms with van der Waals surface area (Å²) < 4.78 is 5.72. The molecule has 1 saturated carbocycles. The van der Waals surface area contributed by atoms with Crippen molar-refractivity contribution in [2.75, 3.05) is 6.61 Å². The number of hydrogen-bond acceptors (Lipinski definition) is 2. The van der Waals surface area contributed by atoms with Crippen molar-refractivity contribution < 1.29 is 9.53 Å². The van der Waals surface area contributed by atoms with Crippen LogP contribution in [0.1, 0.15) is 81.1 Å². The maximum absolute atomic E-state index is 12.6. The largest absolute Gasteiger partial charge is 0.465 e. The van der Waals surface area contributed by atoms with Crippen molar-refractivity contribution in [1.29, 1.82) is 0 Å². The van der Waals surface area contributed by atoms with Gasteiger partial charge in [-0.3, -0.25) is 4.79 Å². The molecule has 130 valence electrons. The third-order valence-electron chi connectivity index (χ3n) is 6.54. The number of esters is 1. The van der Waals surface area contributed by atoms with Gasteiger partial charge in [0.2, 0.25) is 0 Å². The van der Waals surface area contributed by atoms with E-state index in [0.29, 0.717) is 29.8 Å². The zero-order valence-corrected chi connectivity index (χ0v) is 16.2. The van der Waals surface area contributed by atoms with Gasteiger partial charge in [0.1, 0.15) is 0 Å². The number of carbonyl (C=O) groups is 1. The highest BCUT2D eigenvalue weighted by Crippen LogP contribution is 2.48. The van der Waals surface area contributed by atoms with Gasteiger partial charge in [-0.15, -0.1) is 0 Å². The molecule has 0 aromatic carbocycles. The summed E-state index contributed by atoms with van der Waals surface area (Å²) in [6, 6.07) is 0. The summed E-state index contributed by atoms with van der Waals surface area (Å²) in [4.78, 5) is 12.6. The van der Waals surface area contributed by atoms with Crippen LogP contribution in [0.3, 0.4) is 0 Å². The summed E-state index contributed by atoms with van der Waals surface area (Å²) in [6.07, 6.45) is 4.50. The maximum Gasteiger partial charge on any atom is 0.312 e. The van der Waals surface area contributed by atoms with Gasteiger partial charge >= 0.3 is 5.97 Å². The van der Waals surface area contributed by atoms with Crippen LogP contribution in [0.2, 0.25) is 0 Å². The number of rotatable bonds is 7. The fourth-order valence-corrected chi connectivity index (χ4v) is 3.98. The van der Waals surface area contributed by atoms with Gasteiger partial charge in [0, 0.05) is 0 Å². The molecule has 0 aromatic rings. The van der Waals surface area contributed by atoms with E-state index in [4.69, 9.17) is 4.74 Å². The predicted molar refractivity (Wildman–Crippen MR) is 93.6 cm³/mol. The van der Waals surface area contributed by atoms with Gasteiger partial charge in [0.25, 0.3) is 0 Å². The second-order valence-electron chi connectivity index (χ2n) is 9.09. The molecule has 0 heterocycles. The molecule has 0 bridgehead atoms. The molecular formula is C20H38O2. The van der Waals surface area contributed by atoms with Crippen molar-refractivity contribution >= 4 is 5.97 Å². The monoisotopic (exact) mass is 310 g/mol. The molecule has 0 radical (unpaired) electrons. The van der Waals surface area contributed by atoms with E-state index in [1.54, 1.807) is 0 Å². The van der Waals surface area contributed by atoms with Gasteiger partial charge in [-0.2, -0.15) is 0 Å². The Hall–Kier alpha value is -0.530. The lowest BCUT2D eigenvalue weighted by atomic mass is 9.73. The molecule has 0 saturated heterocycles. The van der Waals surface area contributed by atoms with Crippen LogP contribution in [-0.2, 0) is 9.53 Å². The maximum atomic E-state index is 12.6. The number of hydrogen-bond donors (Lipinski definition) is 0. The first kappa shape index (κ1) is 19.5. The van der Waals surface area contributed by atoms with E-state index >= 15 is 0 Å². The standard InChI is InChI=1S/C20H38O2/c1-14(2)13-20(8,15(3)4)18(21)22-12-11-17-10-9-16(5)19(17,6)7/h14-17H,9-13H2,1-8H3. The number of ether oxygens (including phenoxy) is 1. The summed E-state index contributed by atoms with van der Waals surface area (Å²) >= 11 is 0. The van der Waals surface area contributed by atoms with Crippen molar-refractivity contribution in [2.45, 2.75) is 81.1 Å². The minimum absolute atomic E-state index is 0.0000477. The fourth-order valence-electron chi connectivity index (χ4n) is 3.98. The summed E-state index contributed by atoms with van der Waals surface area (Å²) in [5.41, 5.74) is 0.0261. The van der Waals surface area contributed by atoms with E-state index in [9.17, 15) is 4.79 Å². The molecule has 0 aromatic heterocycles. The molecule has 1 aliphatic rings. The minimum atomic E-state index is -0.355. The zero-order chi connectivity index (χ0) is 17.1. The van der Waals surface area contributed by atoms with Crippen molar-refractivity contribution in [3.05, 3.63) is 0 Å². The van der Waals surface area contributed by atoms with E-state index in [1.165, 1.54) is 12.8 Å². The smallest absolute Gasteiger partial charge is 0.312 e. The van der Waals surface area contributed by atoms with Gasteiger partial charge < -0.3 is 4.74 Å². The summed E-state index contributed by atoms with van der Waals surface area (Å²) in [5, 5.41) is 0. The van der Waals surface area contributed by atoms with Gasteiger partial charge in [-0.1, -0.05) is 48.5 Å². The Labute approximate surface area is 138 Å². The second-order valence-corrected chi connectivity index (χ2v) is 9.09. The fraction of sp³-hybridized carbons (Fsp3) is 0.950. The minimum Gasteiger partial charge on any atom is -0.465 e. The Morgan fingerprint density at radius 3 is 2.23 bits per heavy atom. The lowest BCUT2D eigenvalue weighted by Gasteiger charge is -2.34. The molecule has 0 spiro atoms. The summed E-state index contributed by atoms with van der Waals surface area (Å²) in [7, 11) is 0. The molecule has 0 aliphatic heterocycles. The first-order chi connectivity index (χ1) is 10.0. The molecule has 0 amide bonds. The Balaban J connectivity index is 2.54. The van der Waals surface area contributed by atoms with Crippen LogP contribution < -0.4 is 0 Å². The normalized spacial score (nSPS) is 27.2. The van der Waals surface area contributed by atoms with Crippen molar-refractivity contribution in [3.8, 4) is 0 Å². The van der Waals surface area contributed by atoms with E-state index in [1.807, 2.05) is 0 Å². The van der Waals surface area contributed by atoms with Crippen LogP contribution in [0.15, 0.2) is 0 Å². The van der Waals surface area contributed by atoms with Crippen molar-refractivity contribution in [2.24, 2.45) is 34.5 Å². The van der Waals surface area contributed by atoms with Crippen LogP contribution >= 0.6 is 0 Å². The van der Waals surface area contributed by atoms with E-state index < -0.39 is 0 Å². The second kappa shape index (κ2) is 7.36. The lowest BCUT2D eigenvalue weighted by Crippen LogP contribution is -2.37. The third-order valence-corrected chi connectivity index (χ3v) is 6.54. The SMILES string of the molecule is CC(C)CC(C)(C(=O)OCCC1CCC(C)C1(C)C)C(C)C. The van der Waals surface area contributed by atoms with E-state index in [0.717, 1.165) is 18.8 Å². The highest BCUT2D eigenvalue weighted by atomic mass is 16.5. The zero-order valence-electron chi connectivity index (χ0n) is 16.2. The molecular weight excluding hydrogens is 272 g/mol. The first-order valence-corrected chi connectivity index (χ1v) is 9.19. The highest BCUT2D eigenvalue weighted by Gasteiger charge is 2.41. The van der Waals surface area contributed by atoms with Crippen LogP contribution in [0.25, 0.3) is 0 Å². The first-order valence-electron chi connectivity index (χ1n) is 9.19. The van der Waals surface area contributed by atoms with Gasteiger partial charge in [-0.05, 0) is 61.7 Å². The van der Waals surface area contributed by atoms with Gasteiger partial charge in [0.15, 0.2) is 0 Å². The van der Waals surface area contributed by atoms with E-state index in [2.05, 4.69) is 55.4 Å². The van der Waals surface area contributed by atoms with E-state index in [-0.39, 0.29) is 11.4 Å². The average Bonchev–Trinajstić information content (AvgIpc) is 2.64. The Morgan fingerprint density at radius 2 is 1.82 bits per heavy atom. The molecule has 3 unspecified atom stereocenters. The summed E-state index contributed by atoms with van der Waals surface area (Å²) in [5.74, 6) is 2.28. The third kappa shape index (κ3) is 4.26. The predicted octanol–water partition coefficient (Wildman–Crippen LogP) is 5.70. The molecule has 1 aliphatic carbocycles. The average molecular weight is 311 g/mol. The quantitative estimate of drug-likeness (QED) is 0.564.